The Hall–Kier alpha value is -1.97. The molecule has 2 rings (SSSR count). The van der Waals surface area contributed by atoms with Gasteiger partial charge in [-0.25, -0.2) is 0 Å². The Morgan fingerprint density at radius 1 is 1.39 bits per heavy atom. The number of amides is 1. The fraction of sp³-hybridized carbons (Fsp3) is 0.357. The normalized spacial score (nSPS) is 11.5. The van der Waals surface area contributed by atoms with Crippen molar-refractivity contribution in [3.8, 4) is 0 Å². The Morgan fingerprint density at radius 3 is 2.72 bits per heavy atom. The molecule has 0 spiro atoms. The maximum absolute atomic E-state index is 11.9. The van der Waals surface area contributed by atoms with Gasteiger partial charge in [0, 0.05) is 17.9 Å². The topological polar surface area (TPSA) is 47.2 Å². The Kier molecular flexibility index (Phi) is 3.28. The Balaban J connectivity index is 1.99. The van der Waals surface area contributed by atoms with Crippen molar-refractivity contribution in [1.29, 1.82) is 0 Å². The van der Waals surface area contributed by atoms with Crippen LogP contribution >= 0.6 is 0 Å². The molecule has 0 saturated carbocycles. The molecular weight excluding hydrogens is 228 g/mol. The van der Waals surface area contributed by atoms with Gasteiger partial charge in [0.05, 0.1) is 18.4 Å². The fourth-order valence-corrected chi connectivity index (χ4v) is 1.63. The number of hydrogen-bond acceptors (Lipinski definition) is 2. The molecule has 0 unspecified atom stereocenters. The minimum atomic E-state index is -0.0885. The average molecular weight is 246 g/mol. The second-order valence-electron chi connectivity index (χ2n) is 5.24. The first-order valence-electron chi connectivity index (χ1n) is 5.96. The highest BCUT2D eigenvalue weighted by Gasteiger charge is 2.15. The molecule has 1 N–H and O–H groups in total. The summed E-state index contributed by atoms with van der Waals surface area (Å²) in [6.07, 6.45) is 5.37. The summed E-state index contributed by atoms with van der Waals surface area (Å²) in [6, 6.07) is 5.46. The van der Waals surface area contributed by atoms with E-state index >= 15 is 0 Å². The van der Waals surface area contributed by atoms with Gasteiger partial charge in [0.15, 0.2) is 0 Å². The highest BCUT2D eigenvalue weighted by molar-refractivity contribution is 5.93. The quantitative estimate of drug-likeness (QED) is 0.905. The third-order valence-electron chi connectivity index (χ3n) is 2.73. The van der Waals surface area contributed by atoms with Gasteiger partial charge in [-0.3, -0.25) is 4.79 Å². The molecule has 0 bridgehead atoms. The minimum absolute atomic E-state index is 0.0143. The van der Waals surface area contributed by atoms with Crippen molar-refractivity contribution in [2.24, 2.45) is 0 Å². The van der Waals surface area contributed by atoms with Crippen LogP contribution in [-0.2, 0) is 12.1 Å². The molecule has 96 valence electrons. The van der Waals surface area contributed by atoms with E-state index in [0.29, 0.717) is 12.1 Å². The fourth-order valence-electron chi connectivity index (χ4n) is 1.63. The first-order valence-corrected chi connectivity index (χ1v) is 5.96. The molecule has 2 heterocycles. The van der Waals surface area contributed by atoms with Gasteiger partial charge in [-0.1, -0.05) is 0 Å². The second kappa shape index (κ2) is 4.72. The lowest BCUT2D eigenvalue weighted by Crippen LogP contribution is -2.23. The third-order valence-corrected chi connectivity index (χ3v) is 2.73. The largest absolute Gasteiger partial charge is 0.467 e. The number of aromatic nitrogens is 1. The van der Waals surface area contributed by atoms with Crippen LogP contribution < -0.4 is 5.32 Å². The van der Waals surface area contributed by atoms with Gasteiger partial charge in [0.1, 0.15) is 5.76 Å². The van der Waals surface area contributed by atoms with Crippen LogP contribution in [0.3, 0.4) is 0 Å². The van der Waals surface area contributed by atoms with Crippen LogP contribution in [0.25, 0.3) is 0 Å². The van der Waals surface area contributed by atoms with Crippen molar-refractivity contribution < 1.29 is 9.21 Å². The van der Waals surface area contributed by atoms with E-state index in [1.54, 1.807) is 12.3 Å². The number of rotatable bonds is 3. The minimum Gasteiger partial charge on any atom is -0.467 e. The smallest absolute Gasteiger partial charge is 0.253 e. The number of nitrogens with one attached hydrogen (secondary N) is 1. The Bertz CT molecular complexity index is 518. The molecule has 0 aromatic carbocycles. The van der Waals surface area contributed by atoms with E-state index in [4.69, 9.17) is 4.42 Å². The van der Waals surface area contributed by atoms with Crippen LogP contribution in [0, 0.1) is 0 Å². The van der Waals surface area contributed by atoms with Crippen LogP contribution in [0.4, 0.5) is 0 Å². The molecule has 0 saturated heterocycles. The number of furan rings is 1. The van der Waals surface area contributed by atoms with Crippen LogP contribution in [0.5, 0.6) is 0 Å². The molecule has 4 heteroatoms. The van der Waals surface area contributed by atoms with Crippen LogP contribution in [0.1, 0.15) is 36.9 Å². The monoisotopic (exact) mass is 246 g/mol. The number of hydrogen-bond donors (Lipinski definition) is 1. The first kappa shape index (κ1) is 12.5. The molecule has 0 fully saturated rings. The summed E-state index contributed by atoms with van der Waals surface area (Å²) < 4.78 is 7.18. The number of carbonyl (C=O) groups is 1. The van der Waals surface area contributed by atoms with Crippen molar-refractivity contribution in [3.63, 3.8) is 0 Å². The summed E-state index contributed by atoms with van der Waals surface area (Å²) >= 11 is 0. The molecule has 0 atom stereocenters. The van der Waals surface area contributed by atoms with E-state index in [0.717, 1.165) is 5.76 Å². The van der Waals surface area contributed by atoms with Crippen molar-refractivity contribution in [2.45, 2.75) is 32.9 Å². The van der Waals surface area contributed by atoms with Gasteiger partial charge < -0.3 is 14.3 Å². The maximum atomic E-state index is 11.9. The molecule has 0 aliphatic rings. The van der Waals surface area contributed by atoms with Crippen molar-refractivity contribution >= 4 is 5.91 Å². The molecule has 1 amide bonds. The lowest BCUT2D eigenvalue weighted by Gasteiger charge is -2.20. The summed E-state index contributed by atoms with van der Waals surface area (Å²) in [5, 5.41) is 2.82. The van der Waals surface area contributed by atoms with E-state index in [-0.39, 0.29) is 11.4 Å². The summed E-state index contributed by atoms with van der Waals surface area (Å²) in [6.45, 7) is 6.69. The van der Waals surface area contributed by atoms with Crippen LogP contribution in [-0.4, -0.2) is 10.5 Å². The lowest BCUT2D eigenvalue weighted by molar-refractivity contribution is 0.0948. The predicted octanol–water partition coefficient (Wildman–Crippen LogP) is 2.77. The van der Waals surface area contributed by atoms with Crippen LogP contribution in [0.15, 0.2) is 41.3 Å². The van der Waals surface area contributed by atoms with E-state index in [2.05, 4.69) is 26.1 Å². The van der Waals surface area contributed by atoms with E-state index < -0.39 is 0 Å². The van der Waals surface area contributed by atoms with Crippen LogP contribution in [0.2, 0.25) is 0 Å². The molecular formula is C14H18N2O2. The Labute approximate surface area is 107 Å². The molecule has 0 aliphatic carbocycles. The summed E-state index contributed by atoms with van der Waals surface area (Å²) in [5.41, 5.74) is 0.649. The highest BCUT2D eigenvalue weighted by atomic mass is 16.3. The average Bonchev–Trinajstić information content (AvgIpc) is 2.96. The summed E-state index contributed by atoms with van der Waals surface area (Å²) in [4.78, 5) is 11.9. The Morgan fingerprint density at radius 2 is 2.17 bits per heavy atom. The van der Waals surface area contributed by atoms with Gasteiger partial charge in [0.2, 0.25) is 0 Å². The molecule has 0 aliphatic heterocycles. The number of carbonyl (C=O) groups excluding carboxylic acids is 1. The van der Waals surface area contributed by atoms with Gasteiger partial charge >= 0.3 is 0 Å². The molecule has 2 aromatic rings. The summed E-state index contributed by atoms with van der Waals surface area (Å²) in [7, 11) is 0. The van der Waals surface area contributed by atoms with Gasteiger partial charge in [-0.15, -0.1) is 0 Å². The van der Waals surface area contributed by atoms with E-state index in [1.165, 1.54) is 0 Å². The molecule has 18 heavy (non-hydrogen) atoms. The predicted molar refractivity (Wildman–Crippen MR) is 69.3 cm³/mol. The van der Waals surface area contributed by atoms with Gasteiger partial charge in [0.25, 0.3) is 5.91 Å². The zero-order chi connectivity index (χ0) is 13.2. The van der Waals surface area contributed by atoms with Crippen molar-refractivity contribution in [3.05, 3.63) is 48.2 Å². The number of nitrogens with zero attached hydrogens (tertiary/aromatic N) is 1. The molecule has 0 radical (unpaired) electrons. The van der Waals surface area contributed by atoms with Gasteiger partial charge in [-0.2, -0.15) is 0 Å². The lowest BCUT2D eigenvalue weighted by atomic mass is 10.1. The first-order chi connectivity index (χ1) is 8.47. The van der Waals surface area contributed by atoms with E-state index in [9.17, 15) is 4.79 Å². The molecule has 4 nitrogen and oxygen atoms in total. The molecule has 2 aromatic heterocycles. The highest BCUT2D eigenvalue weighted by Crippen LogP contribution is 2.15. The standard InChI is InChI=1S/C14H18N2O2/c1-14(2,3)16-7-6-11(10-16)13(17)15-9-12-5-4-8-18-12/h4-8,10H,9H2,1-3H3,(H,15,17). The second-order valence-corrected chi connectivity index (χ2v) is 5.24. The summed E-state index contributed by atoms with van der Waals surface area (Å²) in [5.74, 6) is 0.660. The zero-order valence-electron chi connectivity index (χ0n) is 10.9. The van der Waals surface area contributed by atoms with Gasteiger partial charge in [-0.05, 0) is 39.0 Å². The SMILES string of the molecule is CC(C)(C)n1ccc(C(=O)NCc2ccco2)c1. The van der Waals surface area contributed by atoms with E-state index in [1.807, 2.05) is 29.1 Å². The zero-order valence-corrected chi connectivity index (χ0v) is 10.9. The maximum Gasteiger partial charge on any atom is 0.253 e. The van der Waals surface area contributed by atoms with Crippen molar-refractivity contribution in [2.75, 3.05) is 0 Å². The third kappa shape index (κ3) is 2.83. The van der Waals surface area contributed by atoms with Crippen molar-refractivity contribution in [1.82, 2.24) is 9.88 Å².